The summed E-state index contributed by atoms with van der Waals surface area (Å²) in [5.74, 6) is 0.0307. The lowest BCUT2D eigenvalue weighted by Gasteiger charge is -2.08. The van der Waals surface area contributed by atoms with E-state index in [9.17, 15) is 4.79 Å². The van der Waals surface area contributed by atoms with Crippen molar-refractivity contribution in [3.8, 4) is 0 Å². The van der Waals surface area contributed by atoms with Gasteiger partial charge in [0.15, 0.2) is 0 Å². The van der Waals surface area contributed by atoms with Gasteiger partial charge in [0.1, 0.15) is 5.69 Å². The van der Waals surface area contributed by atoms with Gasteiger partial charge >= 0.3 is 0 Å². The summed E-state index contributed by atoms with van der Waals surface area (Å²) >= 11 is 3.40. The summed E-state index contributed by atoms with van der Waals surface area (Å²) in [5, 5.41) is 3.07. The number of carbonyl (C=O) groups is 1. The Morgan fingerprint density at radius 2 is 2.31 bits per heavy atom. The molecule has 2 rings (SSSR count). The molecule has 0 aliphatic heterocycles. The molecule has 1 aliphatic carbocycles. The highest BCUT2D eigenvalue weighted by atomic mass is 79.9. The van der Waals surface area contributed by atoms with Gasteiger partial charge in [0.25, 0.3) is 5.91 Å². The highest BCUT2D eigenvalue weighted by molar-refractivity contribution is 9.10. The molecule has 0 radical (unpaired) electrons. The number of rotatable bonds is 3. The van der Waals surface area contributed by atoms with Crippen LogP contribution in [0.15, 0.2) is 16.7 Å². The smallest absolute Gasteiger partial charge is 0.268 e. The maximum atomic E-state index is 12.0. The van der Waals surface area contributed by atoms with Crippen LogP contribution in [0, 0.1) is 5.41 Å². The van der Waals surface area contributed by atoms with Gasteiger partial charge in [-0.1, -0.05) is 13.8 Å². The first-order valence-corrected chi connectivity index (χ1v) is 6.40. The summed E-state index contributed by atoms with van der Waals surface area (Å²) in [6.45, 7) is 7.19. The molecule has 4 heteroatoms. The van der Waals surface area contributed by atoms with E-state index in [4.69, 9.17) is 0 Å². The minimum Gasteiger partial charge on any atom is -0.347 e. The van der Waals surface area contributed by atoms with Gasteiger partial charge in [0.2, 0.25) is 0 Å². The van der Waals surface area contributed by atoms with Crippen molar-refractivity contribution in [2.45, 2.75) is 39.8 Å². The van der Waals surface area contributed by atoms with Crippen LogP contribution in [0.1, 0.15) is 37.7 Å². The predicted molar refractivity (Wildman–Crippen MR) is 67.5 cm³/mol. The van der Waals surface area contributed by atoms with Crippen molar-refractivity contribution in [1.29, 1.82) is 0 Å². The van der Waals surface area contributed by atoms with E-state index in [1.54, 1.807) is 0 Å². The molecule has 16 heavy (non-hydrogen) atoms. The van der Waals surface area contributed by atoms with Crippen molar-refractivity contribution in [2.75, 3.05) is 0 Å². The lowest BCUT2D eigenvalue weighted by Crippen LogP contribution is -2.30. The maximum Gasteiger partial charge on any atom is 0.268 e. The van der Waals surface area contributed by atoms with Crippen LogP contribution < -0.4 is 5.32 Å². The number of hydrogen-bond acceptors (Lipinski definition) is 1. The molecule has 1 atom stereocenters. The monoisotopic (exact) mass is 284 g/mol. The number of aryl methyl sites for hydroxylation is 1. The highest BCUT2D eigenvalue weighted by Crippen LogP contribution is 2.44. The van der Waals surface area contributed by atoms with Gasteiger partial charge < -0.3 is 9.88 Å². The van der Waals surface area contributed by atoms with Gasteiger partial charge in [-0.25, -0.2) is 0 Å². The Morgan fingerprint density at radius 3 is 2.81 bits per heavy atom. The minimum absolute atomic E-state index is 0.0307. The van der Waals surface area contributed by atoms with Crippen LogP contribution >= 0.6 is 15.9 Å². The Morgan fingerprint density at radius 1 is 1.69 bits per heavy atom. The predicted octanol–water partition coefficient (Wildman–Crippen LogP) is 2.80. The number of halogens is 1. The Labute approximate surface area is 104 Å². The summed E-state index contributed by atoms with van der Waals surface area (Å²) in [6.07, 6.45) is 3.01. The summed E-state index contributed by atoms with van der Waals surface area (Å²) < 4.78 is 2.91. The zero-order valence-electron chi connectivity index (χ0n) is 9.88. The number of amides is 1. The van der Waals surface area contributed by atoms with Gasteiger partial charge in [-0.2, -0.15) is 0 Å². The Bertz CT molecular complexity index is 423. The van der Waals surface area contributed by atoms with Gasteiger partial charge in [-0.3, -0.25) is 4.79 Å². The molecule has 0 spiro atoms. The lowest BCUT2D eigenvalue weighted by atomic mass is 10.2. The molecule has 0 aromatic carbocycles. The summed E-state index contributed by atoms with van der Waals surface area (Å²) in [5.41, 5.74) is 1.01. The van der Waals surface area contributed by atoms with Gasteiger partial charge in [-0.15, -0.1) is 0 Å². The third-order valence-corrected chi connectivity index (χ3v) is 3.69. The fraction of sp³-hybridized carbons (Fsp3) is 0.583. The van der Waals surface area contributed by atoms with Crippen LogP contribution in [0.3, 0.4) is 0 Å². The van der Waals surface area contributed by atoms with Crippen LogP contribution in [0.25, 0.3) is 0 Å². The first-order chi connectivity index (χ1) is 7.44. The topological polar surface area (TPSA) is 34.0 Å². The van der Waals surface area contributed by atoms with Crippen molar-refractivity contribution in [3.63, 3.8) is 0 Å². The molecule has 0 saturated heterocycles. The molecule has 1 unspecified atom stereocenters. The largest absolute Gasteiger partial charge is 0.347 e. The second-order valence-corrected chi connectivity index (χ2v) is 5.96. The fourth-order valence-electron chi connectivity index (χ4n) is 1.87. The normalized spacial score (nSPS) is 21.9. The zero-order chi connectivity index (χ0) is 11.9. The van der Waals surface area contributed by atoms with Crippen molar-refractivity contribution in [2.24, 2.45) is 5.41 Å². The molecule has 1 aromatic heterocycles. The number of hydrogen-bond donors (Lipinski definition) is 1. The molecule has 1 heterocycles. The molecule has 1 aliphatic rings. The standard InChI is InChI=1S/C12H17BrN2O/c1-4-15-7-8(13)5-9(15)11(16)14-10-6-12(10,2)3/h5,7,10H,4,6H2,1-3H3,(H,14,16). The number of carbonyl (C=O) groups excluding carboxylic acids is 1. The van der Waals surface area contributed by atoms with E-state index in [-0.39, 0.29) is 11.3 Å². The van der Waals surface area contributed by atoms with Crippen LogP contribution in [0.4, 0.5) is 0 Å². The summed E-state index contributed by atoms with van der Waals surface area (Å²) in [7, 11) is 0. The first-order valence-electron chi connectivity index (χ1n) is 5.60. The molecule has 1 aromatic rings. The number of aromatic nitrogens is 1. The molecular formula is C12H17BrN2O. The lowest BCUT2D eigenvalue weighted by molar-refractivity contribution is 0.0937. The first kappa shape index (κ1) is 11.7. The highest BCUT2D eigenvalue weighted by Gasteiger charge is 2.46. The van der Waals surface area contributed by atoms with E-state index >= 15 is 0 Å². The third-order valence-electron chi connectivity index (χ3n) is 3.26. The quantitative estimate of drug-likeness (QED) is 0.910. The summed E-state index contributed by atoms with van der Waals surface area (Å²) in [6, 6.07) is 2.20. The average Bonchev–Trinajstić information content (AvgIpc) is 2.63. The third kappa shape index (κ3) is 2.17. The zero-order valence-corrected chi connectivity index (χ0v) is 11.5. The van der Waals surface area contributed by atoms with E-state index in [2.05, 4.69) is 35.1 Å². The second-order valence-electron chi connectivity index (χ2n) is 5.05. The molecule has 1 fully saturated rings. The maximum absolute atomic E-state index is 12.0. The number of nitrogens with one attached hydrogen (secondary N) is 1. The van der Waals surface area contributed by atoms with Gasteiger partial charge in [-0.05, 0) is 40.8 Å². The molecule has 1 amide bonds. The van der Waals surface area contributed by atoms with E-state index in [0.717, 1.165) is 23.1 Å². The SMILES string of the molecule is CCn1cc(Br)cc1C(=O)NC1CC1(C)C. The Hall–Kier alpha value is -0.770. The van der Waals surface area contributed by atoms with Crippen LogP contribution in [0.5, 0.6) is 0 Å². The second kappa shape index (κ2) is 3.91. The van der Waals surface area contributed by atoms with E-state index in [1.807, 2.05) is 23.8 Å². The fourth-order valence-corrected chi connectivity index (χ4v) is 2.34. The minimum atomic E-state index is 0.0307. The van der Waals surface area contributed by atoms with E-state index < -0.39 is 0 Å². The Balaban J connectivity index is 2.09. The van der Waals surface area contributed by atoms with E-state index in [0.29, 0.717) is 6.04 Å². The molecule has 1 N–H and O–H groups in total. The molecule has 3 nitrogen and oxygen atoms in total. The van der Waals surface area contributed by atoms with Crippen LogP contribution in [-0.4, -0.2) is 16.5 Å². The van der Waals surface area contributed by atoms with Crippen LogP contribution in [-0.2, 0) is 6.54 Å². The van der Waals surface area contributed by atoms with E-state index in [1.165, 1.54) is 0 Å². The van der Waals surface area contributed by atoms with Crippen molar-refractivity contribution in [3.05, 3.63) is 22.4 Å². The van der Waals surface area contributed by atoms with Crippen molar-refractivity contribution < 1.29 is 4.79 Å². The Kier molecular flexibility index (Phi) is 2.86. The molecule has 88 valence electrons. The van der Waals surface area contributed by atoms with Gasteiger partial charge in [0.05, 0.1) is 0 Å². The molecule has 1 saturated carbocycles. The number of nitrogens with zero attached hydrogens (tertiary/aromatic N) is 1. The van der Waals surface area contributed by atoms with Crippen molar-refractivity contribution >= 4 is 21.8 Å². The molecule has 0 bridgehead atoms. The van der Waals surface area contributed by atoms with Crippen molar-refractivity contribution in [1.82, 2.24) is 9.88 Å². The average molecular weight is 285 g/mol. The summed E-state index contributed by atoms with van der Waals surface area (Å²) in [4.78, 5) is 12.0. The van der Waals surface area contributed by atoms with Gasteiger partial charge in [0, 0.05) is 23.3 Å². The van der Waals surface area contributed by atoms with Crippen LogP contribution in [0.2, 0.25) is 0 Å². The molecular weight excluding hydrogens is 268 g/mol.